The lowest BCUT2D eigenvalue weighted by Gasteiger charge is -2.41. The molecular weight excluding hydrogens is 466 g/mol. The Kier molecular flexibility index (Phi) is 7.52. The highest BCUT2D eigenvalue weighted by molar-refractivity contribution is 6.34. The average molecular weight is 500 g/mol. The summed E-state index contributed by atoms with van der Waals surface area (Å²) in [5, 5.41) is 3.80. The van der Waals surface area contributed by atoms with Gasteiger partial charge in [-0.2, -0.15) is 0 Å². The van der Waals surface area contributed by atoms with E-state index in [1.165, 1.54) is 0 Å². The van der Waals surface area contributed by atoms with Gasteiger partial charge in [0.2, 0.25) is 11.8 Å². The topological polar surface area (TPSA) is 102 Å². The number of rotatable bonds is 7. The lowest BCUT2D eigenvalue weighted by Crippen LogP contribution is -2.56. The molecule has 188 valence electrons. The quantitative estimate of drug-likeness (QED) is 0.565. The van der Waals surface area contributed by atoms with Gasteiger partial charge in [0, 0.05) is 24.3 Å². The van der Waals surface area contributed by atoms with Gasteiger partial charge in [-0.3, -0.25) is 9.69 Å². The molecule has 1 amide bonds. The van der Waals surface area contributed by atoms with E-state index in [1.807, 2.05) is 44.2 Å². The SMILES string of the molecule is CC(C)COc1ccc(Nc2cccc([C@]3(C)CC(=O)N([C@@H]4CCO[C@H](C)C4)C(N)=N3)c2Cl)cn1. The Bertz CT molecular complexity index is 1090. The van der Waals surface area contributed by atoms with Crippen LogP contribution in [0.1, 0.15) is 52.5 Å². The van der Waals surface area contributed by atoms with Crippen LogP contribution in [0, 0.1) is 5.92 Å². The summed E-state index contributed by atoms with van der Waals surface area (Å²) in [6.07, 6.45) is 3.47. The number of aliphatic imine (C=N–C) groups is 1. The molecule has 0 aliphatic carbocycles. The van der Waals surface area contributed by atoms with Crippen LogP contribution in [0.2, 0.25) is 5.02 Å². The summed E-state index contributed by atoms with van der Waals surface area (Å²) in [5.74, 6) is 1.19. The molecule has 1 saturated heterocycles. The first kappa shape index (κ1) is 25.3. The molecule has 2 aromatic rings. The normalized spacial score (nSPS) is 24.9. The first-order valence-electron chi connectivity index (χ1n) is 12.1. The molecule has 2 aliphatic rings. The third-order valence-electron chi connectivity index (χ3n) is 6.35. The van der Waals surface area contributed by atoms with E-state index in [0.717, 1.165) is 24.1 Å². The van der Waals surface area contributed by atoms with E-state index in [-0.39, 0.29) is 30.4 Å². The molecule has 0 radical (unpaired) electrons. The van der Waals surface area contributed by atoms with Crippen molar-refractivity contribution in [2.45, 2.75) is 64.6 Å². The molecule has 1 fully saturated rings. The van der Waals surface area contributed by atoms with Crippen LogP contribution in [-0.4, -0.2) is 47.1 Å². The minimum absolute atomic E-state index is 0.00279. The van der Waals surface area contributed by atoms with E-state index < -0.39 is 5.54 Å². The summed E-state index contributed by atoms with van der Waals surface area (Å²) in [6.45, 7) is 9.31. The zero-order valence-corrected chi connectivity index (χ0v) is 21.5. The number of nitrogens with two attached hydrogens (primary N) is 1. The monoisotopic (exact) mass is 499 g/mol. The van der Waals surface area contributed by atoms with Crippen LogP contribution in [0.3, 0.4) is 0 Å². The second-order valence-corrected chi connectivity index (χ2v) is 10.3. The number of pyridine rings is 1. The molecule has 0 saturated carbocycles. The number of guanidine groups is 1. The van der Waals surface area contributed by atoms with E-state index in [9.17, 15) is 4.79 Å². The van der Waals surface area contributed by atoms with Crippen LogP contribution in [0.4, 0.5) is 11.4 Å². The van der Waals surface area contributed by atoms with E-state index in [0.29, 0.717) is 35.7 Å². The minimum Gasteiger partial charge on any atom is -0.477 e. The highest BCUT2D eigenvalue weighted by Gasteiger charge is 2.42. The molecule has 0 unspecified atom stereocenters. The molecule has 3 atom stereocenters. The summed E-state index contributed by atoms with van der Waals surface area (Å²) in [4.78, 5) is 24.0. The van der Waals surface area contributed by atoms with Crippen molar-refractivity contribution in [3.05, 3.63) is 47.1 Å². The van der Waals surface area contributed by atoms with Gasteiger partial charge in [-0.05, 0) is 44.7 Å². The molecule has 1 aromatic carbocycles. The number of benzene rings is 1. The zero-order valence-electron chi connectivity index (χ0n) is 20.8. The molecule has 4 rings (SSSR count). The molecule has 1 aromatic heterocycles. The smallest absolute Gasteiger partial charge is 0.232 e. The van der Waals surface area contributed by atoms with E-state index >= 15 is 0 Å². The van der Waals surface area contributed by atoms with Crippen molar-refractivity contribution >= 4 is 34.8 Å². The number of hydrogen-bond acceptors (Lipinski definition) is 7. The van der Waals surface area contributed by atoms with Gasteiger partial charge < -0.3 is 20.5 Å². The number of halogens is 1. The number of nitrogens with one attached hydrogen (secondary N) is 1. The zero-order chi connectivity index (χ0) is 25.2. The molecule has 0 bridgehead atoms. The van der Waals surface area contributed by atoms with E-state index in [2.05, 4.69) is 24.1 Å². The lowest BCUT2D eigenvalue weighted by atomic mass is 9.86. The first-order chi connectivity index (χ1) is 16.7. The number of carbonyl (C=O) groups is 1. The highest BCUT2D eigenvalue weighted by Crippen LogP contribution is 2.41. The van der Waals surface area contributed by atoms with Crippen molar-refractivity contribution in [1.29, 1.82) is 0 Å². The maximum absolute atomic E-state index is 13.3. The summed E-state index contributed by atoms with van der Waals surface area (Å²) < 4.78 is 11.3. The van der Waals surface area contributed by atoms with Crippen molar-refractivity contribution in [2.24, 2.45) is 16.6 Å². The van der Waals surface area contributed by atoms with Gasteiger partial charge in [0.15, 0.2) is 5.96 Å². The van der Waals surface area contributed by atoms with Crippen LogP contribution in [-0.2, 0) is 15.1 Å². The fraction of sp³-hybridized carbons (Fsp3) is 0.500. The standard InChI is InChI=1S/C26H34ClN5O3/c1-16(2)15-35-22-9-8-18(14-29-22)30-21-7-5-6-20(24(21)27)26(4)13-23(33)32(25(28)31-26)19-10-11-34-17(3)12-19/h5-9,14,16-17,19,30H,10-13,15H2,1-4H3,(H2,28,31)/t17-,19-,26+/m1/s1. The van der Waals surface area contributed by atoms with Gasteiger partial charge >= 0.3 is 0 Å². The van der Waals surface area contributed by atoms with Crippen LogP contribution in [0.15, 0.2) is 41.5 Å². The molecule has 9 heteroatoms. The van der Waals surface area contributed by atoms with Crippen LogP contribution < -0.4 is 15.8 Å². The number of nitrogens with zero attached hydrogens (tertiary/aromatic N) is 3. The predicted molar refractivity (Wildman–Crippen MR) is 138 cm³/mol. The number of ether oxygens (including phenoxy) is 2. The van der Waals surface area contributed by atoms with Crippen molar-refractivity contribution in [1.82, 2.24) is 9.88 Å². The maximum atomic E-state index is 13.3. The Labute approximate surface area is 211 Å². The lowest BCUT2D eigenvalue weighted by molar-refractivity contribution is -0.133. The van der Waals surface area contributed by atoms with Crippen molar-refractivity contribution in [3.63, 3.8) is 0 Å². The van der Waals surface area contributed by atoms with Crippen LogP contribution >= 0.6 is 11.6 Å². The van der Waals surface area contributed by atoms with Gasteiger partial charge in [0.25, 0.3) is 0 Å². The Morgan fingerprint density at radius 3 is 2.80 bits per heavy atom. The third kappa shape index (κ3) is 5.70. The molecule has 0 spiro atoms. The number of aromatic nitrogens is 1. The number of hydrogen-bond donors (Lipinski definition) is 2. The summed E-state index contributed by atoms with van der Waals surface area (Å²) >= 11 is 6.84. The first-order valence-corrected chi connectivity index (χ1v) is 12.5. The number of carbonyl (C=O) groups excluding carboxylic acids is 1. The number of anilines is 2. The van der Waals surface area contributed by atoms with Gasteiger partial charge in [0.05, 0.1) is 47.3 Å². The fourth-order valence-electron chi connectivity index (χ4n) is 4.60. The largest absolute Gasteiger partial charge is 0.477 e. The van der Waals surface area contributed by atoms with Crippen molar-refractivity contribution in [2.75, 3.05) is 18.5 Å². The maximum Gasteiger partial charge on any atom is 0.232 e. The highest BCUT2D eigenvalue weighted by atomic mass is 35.5. The Morgan fingerprint density at radius 2 is 2.14 bits per heavy atom. The molecular formula is C26H34ClN5O3. The average Bonchev–Trinajstić information content (AvgIpc) is 2.79. The Balaban J connectivity index is 1.54. The molecule has 2 aliphatic heterocycles. The van der Waals surface area contributed by atoms with Crippen LogP contribution in [0.5, 0.6) is 5.88 Å². The summed E-state index contributed by atoms with van der Waals surface area (Å²) in [7, 11) is 0. The number of amides is 1. The van der Waals surface area contributed by atoms with Crippen LogP contribution in [0.25, 0.3) is 0 Å². The van der Waals surface area contributed by atoms with E-state index in [1.54, 1.807) is 11.1 Å². The molecule has 8 nitrogen and oxygen atoms in total. The fourth-order valence-corrected chi connectivity index (χ4v) is 4.98. The van der Waals surface area contributed by atoms with Crippen molar-refractivity contribution in [3.8, 4) is 5.88 Å². The summed E-state index contributed by atoms with van der Waals surface area (Å²) in [5.41, 5.74) is 7.71. The minimum atomic E-state index is -0.865. The summed E-state index contributed by atoms with van der Waals surface area (Å²) in [6, 6.07) is 9.38. The third-order valence-corrected chi connectivity index (χ3v) is 6.76. The van der Waals surface area contributed by atoms with Gasteiger partial charge in [0.1, 0.15) is 0 Å². The molecule has 3 N–H and O–H groups in total. The Hall–Kier alpha value is -2.84. The predicted octanol–water partition coefficient (Wildman–Crippen LogP) is 4.84. The van der Waals surface area contributed by atoms with Gasteiger partial charge in [-0.25, -0.2) is 9.98 Å². The second-order valence-electron chi connectivity index (χ2n) is 9.93. The Morgan fingerprint density at radius 1 is 1.34 bits per heavy atom. The molecule has 35 heavy (non-hydrogen) atoms. The second kappa shape index (κ2) is 10.4. The van der Waals surface area contributed by atoms with Gasteiger partial charge in [-0.1, -0.05) is 37.6 Å². The van der Waals surface area contributed by atoms with Gasteiger partial charge in [-0.15, -0.1) is 0 Å². The van der Waals surface area contributed by atoms with E-state index in [4.69, 9.17) is 31.8 Å². The van der Waals surface area contributed by atoms with Crippen molar-refractivity contribution < 1.29 is 14.3 Å². The molecule has 3 heterocycles.